The molecule has 0 atom stereocenters. The molecule has 0 heterocycles. The normalized spacial score (nSPS) is 10.7. The van der Waals surface area contributed by atoms with E-state index in [1.165, 1.54) is 6.07 Å². The summed E-state index contributed by atoms with van der Waals surface area (Å²) in [5, 5.41) is 0. The van der Waals surface area contributed by atoms with Crippen LogP contribution in [0, 0.1) is 5.82 Å². The molecule has 132 valence electrons. The van der Waals surface area contributed by atoms with Crippen LogP contribution in [0.1, 0.15) is 29.0 Å². The van der Waals surface area contributed by atoms with Crippen molar-refractivity contribution in [2.24, 2.45) is 0 Å². The Morgan fingerprint density at radius 1 is 0.923 bits per heavy atom. The molecule has 0 fully saturated rings. The lowest BCUT2D eigenvalue weighted by Gasteiger charge is -2.17. The maximum Gasteiger partial charge on any atom is 0.307 e. The molecule has 0 bridgehead atoms. The van der Waals surface area contributed by atoms with E-state index in [9.17, 15) is 9.18 Å². The van der Waals surface area contributed by atoms with Crippen LogP contribution in [0.5, 0.6) is 0 Å². The second kappa shape index (κ2) is 8.77. The van der Waals surface area contributed by atoms with Crippen molar-refractivity contribution in [3.05, 3.63) is 106 Å². The quantitative estimate of drug-likeness (QED) is 0.474. The molecule has 3 rings (SSSR count). The van der Waals surface area contributed by atoms with Crippen LogP contribution in [0.25, 0.3) is 0 Å². The fourth-order valence-corrected chi connectivity index (χ4v) is 3.15. The van der Waals surface area contributed by atoms with Crippen LogP contribution in [0.15, 0.2) is 83.3 Å². The van der Waals surface area contributed by atoms with E-state index < -0.39 is 5.82 Å². The van der Waals surface area contributed by atoms with E-state index >= 15 is 0 Å². The number of ether oxygens (including phenoxy) is 1. The van der Waals surface area contributed by atoms with Crippen molar-refractivity contribution in [1.29, 1.82) is 0 Å². The SMILES string of the molecule is O=C(CC(c1ccccc1)c1ccccc1)OCc1ccc(Br)cc1F. The van der Waals surface area contributed by atoms with Crippen LogP contribution in [0.2, 0.25) is 0 Å². The van der Waals surface area contributed by atoms with Gasteiger partial charge in [-0.3, -0.25) is 4.79 Å². The van der Waals surface area contributed by atoms with Crippen LogP contribution in [-0.2, 0) is 16.1 Å². The first-order valence-electron chi connectivity index (χ1n) is 8.33. The average Bonchev–Trinajstić information content (AvgIpc) is 2.67. The zero-order valence-corrected chi connectivity index (χ0v) is 15.7. The van der Waals surface area contributed by atoms with Crippen molar-refractivity contribution in [3.63, 3.8) is 0 Å². The molecule has 3 aromatic rings. The molecule has 0 saturated heterocycles. The predicted molar refractivity (Wildman–Crippen MR) is 103 cm³/mol. The Morgan fingerprint density at radius 3 is 2.04 bits per heavy atom. The number of hydrogen-bond acceptors (Lipinski definition) is 2. The summed E-state index contributed by atoms with van der Waals surface area (Å²) in [6.07, 6.45) is 0.201. The van der Waals surface area contributed by atoms with Gasteiger partial charge in [-0.1, -0.05) is 82.7 Å². The molecule has 0 saturated carbocycles. The van der Waals surface area contributed by atoms with Crippen molar-refractivity contribution >= 4 is 21.9 Å². The third-order valence-electron chi connectivity index (χ3n) is 4.18. The Bertz CT molecular complexity index is 826. The van der Waals surface area contributed by atoms with Gasteiger partial charge in [0.05, 0.1) is 6.42 Å². The Hall–Kier alpha value is -2.46. The fourth-order valence-electron chi connectivity index (χ4n) is 2.82. The van der Waals surface area contributed by atoms with Gasteiger partial charge in [-0.15, -0.1) is 0 Å². The third-order valence-corrected chi connectivity index (χ3v) is 4.67. The van der Waals surface area contributed by atoms with Gasteiger partial charge in [0.2, 0.25) is 0 Å². The molecule has 0 aliphatic rings. The van der Waals surface area contributed by atoms with E-state index in [0.717, 1.165) is 11.1 Å². The van der Waals surface area contributed by atoms with Crippen LogP contribution < -0.4 is 0 Å². The lowest BCUT2D eigenvalue weighted by molar-refractivity contribution is -0.145. The van der Waals surface area contributed by atoms with E-state index in [4.69, 9.17) is 4.74 Å². The van der Waals surface area contributed by atoms with Crippen LogP contribution in [-0.4, -0.2) is 5.97 Å². The first-order chi connectivity index (χ1) is 12.6. The van der Waals surface area contributed by atoms with Gasteiger partial charge in [0.25, 0.3) is 0 Å². The molecular formula is C22H18BrFO2. The maximum absolute atomic E-state index is 13.9. The molecule has 0 aliphatic heterocycles. The van der Waals surface area contributed by atoms with Gasteiger partial charge in [-0.05, 0) is 23.3 Å². The number of benzene rings is 3. The zero-order chi connectivity index (χ0) is 18.4. The minimum Gasteiger partial charge on any atom is -0.461 e. The van der Waals surface area contributed by atoms with E-state index in [2.05, 4.69) is 15.9 Å². The number of rotatable bonds is 6. The Labute approximate surface area is 160 Å². The van der Waals surface area contributed by atoms with Crippen LogP contribution in [0.4, 0.5) is 4.39 Å². The van der Waals surface area contributed by atoms with E-state index in [1.54, 1.807) is 12.1 Å². The molecule has 0 N–H and O–H groups in total. The smallest absolute Gasteiger partial charge is 0.307 e. The van der Waals surface area contributed by atoms with Gasteiger partial charge in [-0.25, -0.2) is 4.39 Å². The van der Waals surface area contributed by atoms with Gasteiger partial charge < -0.3 is 4.74 Å². The largest absolute Gasteiger partial charge is 0.461 e. The van der Waals surface area contributed by atoms with Gasteiger partial charge in [0.15, 0.2) is 0 Å². The molecule has 26 heavy (non-hydrogen) atoms. The number of halogens is 2. The number of esters is 1. The lowest BCUT2D eigenvalue weighted by atomic mass is 9.89. The average molecular weight is 413 g/mol. The standard InChI is InChI=1S/C22H18BrFO2/c23-19-12-11-18(21(24)13-19)15-26-22(25)14-20(16-7-3-1-4-8-16)17-9-5-2-6-10-17/h1-13,20H,14-15H2. The fraction of sp³-hybridized carbons (Fsp3) is 0.136. The zero-order valence-electron chi connectivity index (χ0n) is 14.1. The van der Waals surface area contributed by atoms with Gasteiger partial charge >= 0.3 is 5.97 Å². The summed E-state index contributed by atoms with van der Waals surface area (Å²) in [6.45, 7) is -0.0752. The molecule has 0 aromatic heterocycles. The maximum atomic E-state index is 13.9. The third kappa shape index (κ3) is 4.79. The first kappa shape index (κ1) is 18.3. The molecule has 3 aromatic carbocycles. The Balaban J connectivity index is 1.71. The second-order valence-electron chi connectivity index (χ2n) is 5.97. The highest BCUT2D eigenvalue weighted by atomic mass is 79.9. The summed E-state index contributed by atoms with van der Waals surface area (Å²) in [7, 11) is 0. The summed E-state index contributed by atoms with van der Waals surface area (Å²) >= 11 is 3.21. The minimum absolute atomic E-state index is 0.0752. The molecule has 0 radical (unpaired) electrons. The van der Waals surface area contributed by atoms with Gasteiger partial charge in [-0.2, -0.15) is 0 Å². The molecule has 4 heteroatoms. The summed E-state index contributed by atoms with van der Waals surface area (Å²) in [6, 6.07) is 24.4. The number of carbonyl (C=O) groups excluding carboxylic acids is 1. The number of carbonyl (C=O) groups is 1. The van der Waals surface area contributed by atoms with Crippen molar-refractivity contribution in [1.82, 2.24) is 0 Å². The van der Waals surface area contributed by atoms with Crippen LogP contribution in [0.3, 0.4) is 0 Å². The Morgan fingerprint density at radius 2 is 1.50 bits per heavy atom. The second-order valence-corrected chi connectivity index (χ2v) is 6.89. The lowest BCUT2D eigenvalue weighted by Crippen LogP contribution is -2.12. The predicted octanol–water partition coefficient (Wildman–Crippen LogP) is 5.85. The van der Waals surface area contributed by atoms with E-state index in [1.807, 2.05) is 60.7 Å². The van der Waals surface area contributed by atoms with E-state index in [-0.39, 0.29) is 24.9 Å². The molecular weight excluding hydrogens is 395 g/mol. The van der Waals surface area contributed by atoms with Crippen molar-refractivity contribution < 1.29 is 13.9 Å². The highest BCUT2D eigenvalue weighted by molar-refractivity contribution is 9.10. The highest BCUT2D eigenvalue weighted by Crippen LogP contribution is 2.28. The molecule has 0 amide bonds. The number of hydrogen-bond donors (Lipinski definition) is 0. The van der Waals surface area contributed by atoms with E-state index in [0.29, 0.717) is 10.0 Å². The molecule has 2 nitrogen and oxygen atoms in total. The van der Waals surface area contributed by atoms with Crippen molar-refractivity contribution in [2.45, 2.75) is 18.9 Å². The molecule has 0 aliphatic carbocycles. The van der Waals surface area contributed by atoms with Crippen molar-refractivity contribution in [2.75, 3.05) is 0 Å². The topological polar surface area (TPSA) is 26.3 Å². The Kier molecular flexibility index (Phi) is 6.18. The molecule has 0 unspecified atom stereocenters. The summed E-state index contributed by atoms with van der Waals surface area (Å²) < 4.78 is 19.9. The highest BCUT2D eigenvalue weighted by Gasteiger charge is 2.19. The van der Waals surface area contributed by atoms with Gasteiger partial charge in [0, 0.05) is 16.0 Å². The summed E-state index contributed by atoms with van der Waals surface area (Å²) in [5.74, 6) is -0.848. The minimum atomic E-state index is -0.394. The van der Waals surface area contributed by atoms with Crippen LogP contribution >= 0.6 is 15.9 Å². The molecule has 0 spiro atoms. The summed E-state index contributed by atoms with van der Waals surface area (Å²) in [4.78, 5) is 12.4. The van der Waals surface area contributed by atoms with Gasteiger partial charge in [0.1, 0.15) is 12.4 Å². The first-order valence-corrected chi connectivity index (χ1v) is 9.12. The monoisotopic (exact) mass is 412 g/mol. The van der Waals surface area contributed by atoms with Crippen molar-refractivity contribution in [3.8, 4) is 0 Å². The summed E-state index contributed by atoms with van der Waals surface area (Å²) in [5.41, 5.74) is 2.45.